The molecule has 0 bridgehead atoms. The van der Waals surface area contributed by atoms with Gasteiger partial charge in [0.15, 0.2) is 0 Å². The van der Waals surface area contributed by atoms with Crippen LogP contribution in [0.25, 0.3) is 0 Å². The largest absolute Gasteiger partial charge is 0.465 e. The van der Waals surface area contributed by atoms with E-state index in [4.69, 9.17) is 9.47 Å². The van der Waals surface area contributed by atoms with Gasteiger partial charge in [0.1, 0.15) is 5.41 Å². The summed E-state index contributed by atoms with van der Waals surface area (Å²) in [6.45, 7) is 5.86. The lowest BCUT2D eigenvalue weighted by atomic mass is 9.80. The molecule has 2 heterocycles. The smallest absolute Gasteiger partial charge is 0.316 e. The third-order valence-electron chi connectivity index (χ3n) is 3.77. The molecule has 1 aromatic rings. The number of methoxy groups -OCH3 is 1. The summed E-state index contributed by atoms with van der Waals surface area (Å²) >= 11 is 0. The molecule has 1 aromatic heterocycles. The number of ether oxygens (including phenoxy) is 2. The molecule has 0 aromatic carbocycles. The fourth-order valence-electron chi connectivity index (χ4n) is 2.79. The molecule has 1 aliphatic heterocycles. The van der Waals surface area contributed by atoms with Crippen molar-refractivity contribution in [1.82, 2.24) is 9.97 Å². The number of esters is 1. The van der Waals surface area contributed by atoms with E-state index in [0.717, 1.165) is 25.1 Å². The first kappa shape index (κ1) is 15.7. The van der Waals surface area contributed by atoms with Gasteiger partial charge in [0, 0.05) is 32.1 Å². The number of carbonyl (C=O) groups excluding carboxylic acids is 1. The van der Waals surface area contributed by atoms with Crippen LogP contribution in [0.2, 0.25) is 0 Å². The van der Waals surface area contributed by atoms with Gasteiger partial charge in [0.25, 0.3) is 0 Å². The molecule has 0 unspecified atom stereocenters. The van der Waals surface area contributed by atoms with E-state index in [1.54, 1.807) is 13.3 Å². The van der Waals surface area contributed by atoms with Crippen molar-refractivity contribution in [2.75, 3.05) is 38.3 Å². The molecule has 1 fully saturated rings. The molecule has 0 spiro atoms. The van der Waals surface area contributed by atoms with Gasteiger partial charge in [-0.3, -0.25) is 4.79 Å². The van der Waals surface area contributed by atoms with Crippen LogP contribution in [0.1, 0.15) is 25.5 Å². The molecule has 0 radical (unpaired) electrons. The first-order valence-corrected chi connectivity index (χ1v) is 7.32. The van der Waals surface area contributed by atoms with E-state index in [0.29, 0.717) is 25.7 Å². The Morgan fingerprint density at radius 1 is 1.52 bits per heavy atom. The van der Waals surface area contributed by atoms with Gasteiger partial charge in [0.05, 0.1) is 13.2 Å². The standard InChI is InChI=1S/C15H23N3O3/c1-4-21-13(19)15(11-20-3)7-5-9-18(10-15)14-16-8-6-12(2)17-14/h6,8H,4-5,7,9-11H2,1-3H3/t15-/m1/s1. The van der Waals surface area contributed by atoms with Crippen molar-refractivity contribution >= 4 is 11.9 Å². The second-order valence-electron chi connectivity index (χ2n) is 5.46. The monoisotopic (exact) mass is 293 g/mol. The van der Waals surface area contributed by atoms with E-state index in [9.17, 15) is 4.79 Å². The maximum atomic E-state index is 12.4. The normalized spacial score (nSPS) is 22.1. The van der Waals surface area contributed by atoms with E-state index in [-0.39, 0.29) is 5.97 Å². The van der Waals surface area contributed by atoms with Crippen LogP contribution in [0.15, 0.2) is 12.3 Å². The van der Waals surface area contributed by atoms with Gasteiger partial charge in [-0.2, -0.15) is 0 Å². The number of aromatic nitrogens is 2. The summed E-state index contributed by atoms with van der Waals surface area (Å²) in [4.78, 5) is 23.2. The summed E-state index contributed by atoms with van der Waals surface area (Å²) in [5, 5.41) is 0. The summed E-state index contributed by atoms with van der Waals surface area (Å²) < 4.78 is 10.6. The number of piperidine rings is 1. The molecule has 0 N–H and O–H groups in total. The quantitative estimate of drug-likeness (QED) is 0.768. The molecule has 0 saturated carbocycles. The topological polar surface area (TPSA) is 64.6 Å². The molecule has 0 aliphatic carbocycles. The Balaban J connectivity index is 2.22. The molecular formula is C15H23N3O3. The van der Waals surface area contributed by atoms with Crippen LogP contribution in [-0.2, 0) is 14.3 Å². The lowest BCUT2D eigenvalue weighted by molar-refractivity contribution is -0.159. The Labute approximate surface area is 125 Å². The van der Waals surface area contributed by atoms with E-state index in [1.807, 2.05) is 24.8 Å². The first-order chi connectivity index (χ1) is 10.1. The predicted octanol–water partition coefficient (Wildman–Crippen LogP) is 1.58. The van der Waals surface area contributed by atoms with Crippen molar-refractivity contribution < 1.29 is 14.3 Å². The van der Waals surface area contributed by atoms with Crippen LogP contribution >= 0.6 is 0 Å². The van der Waals surface area contributed by atoms with E-state index < -0.39 is 5.41 Å². The van der Waals surface area contributed by atoms with Crippen molar-refractivity contribution in [3.63, 3.8) is 0 Å². The van der Waals surface area contributed by atoms with E-state index in [2.05, 4.69) is 9.97 Å². The van der Waals surface area contributed by atoms with Gasteiger partial charge < -0.3 is 14.4 Å². The SMILES string of the molecule is CCOC(=O)[C@]1(COC)CCCN(c2nccc(C)n2)C1. The zero-order valence-electron chi connectivity index (χ0n) is 13.0. The van der Waals surface area contributed by atoms with Crippen LogP contribution < -0.4 is 4.90 Å². The zero-order valence-corrected chi connectivity index (χ0v) is 13.0. The first-order valence-electron chi connectivity index (χ1n) is 7.32. The predicted molar refractivity (Wildman–Crippen MR) is 79.2 cm³/mol. The molecule has 1 saturated heterocycles. The van der Waals surface area contributed by atoms with Crippen molar-refractivity contribution in [2.45, 2.75) is 26.7 Å². The summed E-state index contributed by atoms with van der Waals surface area (Å²) in [6, 6.07) is 1.86. The summed E-state index contributed by atoms with van der Waals surface area (Å²) in [5.41, 5.74) is 0.287. The van der Waals surface area contributed by atoms with Crippen LogP contribution in [-0.4, -0.2) is 49.4 Å². The highest BCUT2D eigenvalue weighted by molar-refractivity contribution is 5.78. The van der Waals surface area contributed by atoms with Gasteiger partial charge in [0.2, 0.25) is 5.95 Å². The van der Waals surface area contributed by atoms with Gasteiger partial charge in [-0.25, -0.2) is 9.97 Å². The lowest BCUT2D eigenvalue weighted by Gasteiger charge is -2.40. The molecule has 0 amide bonds. The van der Waals surface area contributed by atoms with Gasteiger partial charge in [-0.1, -0.05) is 0 Å². The second-order valence-corrected chi connectivity index (χ2v) is 5.46. The number of rotatable bonds is 5. The minimum Gasteiger partial charge on any atom is -0.465 e. The number of nitrogens with zero attached hydrogens (tertiary/aromatic N) is 3. The summed E-state index contributed by atoms with van der Waals surface area (Å²) in [7, 11) is 1.61. The van der Waals surface area contributed by atoms with E-state index in [1.165, 1.54) is 0 Å². The number of carbonyl (C=O) groups is 1. The van der Waals surface area contributed by atoms with Crippen molar-refractivity contribution in [3.05, 3.63) is 18.0 Å². The minimum atomic E-state index is -0.629. The minimum absolute atomic E-state index is 0.191. The Bertz CT molecular complexity index is 491. The number of anilines is 1. The molecule has 6 nitrogen and oxygen atoms in total. The average Bonchev–Trinajstić information content (AvgIpc) is 2.48. The fraction of sp³-hybridized carbons (Fsp3) is 0.667. The number of hydrogen-bond donors (Lipinski definition) is 0. The van der Waals surface area contributed by atoms with Gasteiger partial charge >= 0.3 is 5.97 Å². The van der Waals surface area contributed by atoms with Crippen LogP contribution in [0, 0.1) is 12.3 Å². The Morgan fingerprint density at radius 2 is 2.33 bits per heavy atom. The molecule has 6 heteroatoms. The number of aryl methyl sites for hydroxylation is 1. The number of hydrogen-bond acceptors (Lipinski definition) is 6. The highest BCUT2D eigenvalue weighted by atomic mass is 16.5. The molecule has 1 atom stereocenters. The summed E-state index contributed by atoms with van der Waals surface area (Å²) in [5.74, 6) is 0.476. The fourth-order valence-corrected chi connectivity index (χ4v) is 2.79. The Hall–Kier alpha value is -1.69. The molecule has 116 valence electrons. The molecule has 2 rings (SSSR count). The van der Waals surface area contributed by atoms with Crippen molar-refractivity contribution in [1.29, 1.82) is 0 Å². The van der Waals surface area contributed by atoms with E-state index >= 15 is 0 Å². The highest BCUT2D eigenvalue weighted by Gasteiger charge is 2.44. The Morgan fingerprint density at radius 3 is 3.00 bits per heavy atom. The summed E-state index contributed by atoms with van der Waals surface area (Å²) in [6.07, 6.45) is 3.40. The van der Waals surface area contributed by atoms with Crippen molar-refractivity contribution in [2.24, 2.45) is 5.41 Å². The van der Waals surface area contributed by atoms with Crippen LogP contribution in [0.3, 0.4) is 0 Å². The highest BCUT2D eigenvalue weighted by Crippen LogP contribution is 2.33. The van der Waals surface area contributed by atoms with Crippen LogP contribution in [0.5, 0.6) is 0 Å². The zero-order chi connectivity index (χ0) is 15.3. The lowest BCUT2D eigenvalue weighted by Crippen LogP contribution is -2.51. The van der Waals surface area contributed by atoms with Gasteiger partial charge in [-0.05, 0) is 32.8 Å². The maximum Gasteiger partial charge on any atom is 0.316 e. The second kappa shape index (κ2) is 6.85. The molecular weight excluding hydrogens is 270 g/mol. The van der Waals surface area contributed by atoms with Gasteiger partial charge in [-0.15, -0.1) is 0 Å². The molecule has 1 aliphatic rings. The van der Waals surface area contributed by atoms with Crippen molar-refractivity contribution in [3.8, 4) is 0 Å². The third-order valence-corrected chi connectivity index (χ3v) is 3.77. The third kappa shape index (κ3) is 3.50. The Kier molecular flexibility index (Phi) is 5.12. The maximum absolute atomic E-state index is 12.4. The van der Waals surface area contributed by atoms with Crippen LogP contribution in [0.4, 0.5) is 5.95 Å². The average molecular weight is 293 g/mol. The molecule has 21 heavy (non-hydrogen) atoms.